The molecule has 3 heteroatoms. The standard InChI is InChI=1S/C48H37NO2/c1-30-11-3-4-12-36(30)48-31(2)45(29-50-48)32-19-21-33(22-20-32)49(35-24-26-43-42-17-9-10-18-46(42)51-47(43)28-35)34-23-25-41-39-15-6-5-13-37(39)38-14-7-8-16-40(38)44(41)27-34/h3-31,36,48H,1-2H3. The number of para-hydroxylation sites is 1. The van der Waals surface area contributed by atoms with Crippen LogP contribution in [0.15, 0.2) is 168 Å². The zero-order chi connectivity index (χ0) is 34.1. The fourth-order valence-corrected chi connectivity index (χ4v) is 8.59. The SMILES string of the molecule is CC1C=CC=CC1C1OC=C(c2ccc(N(c3ccc4c(c3)oc3ccccc34)c3ccc4c5ccccc5c5ccccc5c4c3)cc2)C1C. The lowest BCUT2D eigenvalue weighted by Gasteiger charge is -2.29. The summed E-state index contributed by atoms with van der Waals surface area (Å²) in [6.07, 6.45) is 11.0. The van der Waals surface area contributed by atoms with Crippen LogP contribution in [-0.4, -0.2) is 6.10 Å². The third-order valence-electron chi connectivity index (χ3n) is 11.2. The molecule has 0 amide bonds. The Morgan fingerprint density at radius 1 is 0.490 bits per heavy atom. The second kappa shape index (κ2) is 11.8. The molecule has 0 spiro atoms. The Labute approximate surface area is 297 Å². The van der Waals surface area contributed by atoms with Crippen LogP contribution in [0.1, 0.15) is 19.4 Å². The molecule has 3 nitrogen and oxygen atoms in total. The Morgan fingerprint density at radius 3 is 1.75 bits per heavy atom. The molecule has 0 radical (unpaired) electrons. The van der Waals surface area contributed by atoms with E-state index in [1.807, 2.05) is 18.4 Å². The Hall–Kier alpha value is -6.06. The summed E-state index contributed by atoms with van der Waals surface area (Å²) in [6, 6.07) is 48.3. The van der Waals surface area contributed by atoms with Crippen LogP contribution in [0.4, 0.5) is 17.1 Å². The molecule has 1 aliphatic carbocycles. The number of benzene rings is 7. The Balaban J connectivity index is 1.10. The summed E-state index contributed by atoms with van der Waals surface area (Å²) in [5.41, 5.74) is 7.44. The van der Waals surface area contributed by atoms with Gasteiger partial charge in [-0.15, -0.1) is 0 Å². The van der Waals surface area contributed by atoms with Crippen molar-refractivity contribution in [3.63, 3.8) is 0 Å². The summed E-state index contributed by atoms with van der Waals surface area (Å²) in [7, 11) is 0. The molecule has 51 heavy (non-hydrogen) atoms. The highest BCUT2D eigenvalue weighted by molar-refractivity contribution is 6.25. The molecule has 2 heterocycles. The molecule has 8 aromatic rings. The maximum absolute atomic E-state index is 6.40. The molecule has 7 aromatic carbocycles. The first-order valence-electron chi connectivity index (χ1n) is 18.0. The topological polar surface area (TPSA) is 25.6 Å². The van der Waals surface area contributed by atoms with Crippen molar-refractivity contribution in [3.8, 4) is 0 Å². The molecule has 1 aromatic heterocycles. The predicted molar refractivity (Wildman–Crippen MR) is 214 cm³/mol. The summed E-state index contributed by atoms with van der Waals surface area (Å²) >= 11 is 0. The molecule has 0 saturated carbocycles. The first-order valence-corrected chi connectivity index (χ1v) is 18.0. The van der Waals surface area contributed by atoms with Crippen molar-refractivity contribution in [2.45, 2.75) is 20.0 Å². The highest BCUT2D eigenvalue weighted by Gasteiger charge is 2.36. The van der Waals surface area contributed by atoms with E-state index in [0.717, 1.165) is 39.0 Å². The first-order chi connectivity index (χ1) is 25.1. The van der Waals surface area contributed by atoms with Crippen molar-refractivity contribution in [2.24, 2.45) is 17.8 Å². The number of allylic oxidation sites excluding steroid dienone is 3. The van der Waals surface area contributed by atoms with Gasteiger partial charge < -0.3 is 14.1 Å². The fraction of sp³-hybridized carbons (Fsp3) is 0.125. The van der Waals surface area contributed by atoms with E-state index in [0.29, 0.717) is 11.8 Å². The van der Waals surface area contributed by atoms with E-state index in [1.54, 1.807) is 0 Å². The molecule has 0 bridgehead atoms. The number of rotatable bonds is 5. The normalized spacial score (nSPS) is 20.1. The zero-order valence-corrected chi connectivity index (χ0v) is 28.7. The lowest BCUT2D eigenvalue weighted by molar-refractivity contribution is 0.0855. The molecule has 0 fully saturated rings. The Morgan fingerprint density at radius 2 is 1.04 bits per heavy atom. The minimum absolute atomic E-state index is 0.131. The number of furan rings is 1. The van der Waals surface area contributed by atoms with Crippen molar-refractivity contribution in [3.05, 3.63) is 170 Å². The maximum Gasteiger partial charge on any atom is 0.137 e. The van der Waals surface area contributed by atoms with Crippen molar-refractivity contribution in [1.82, 2.24) is 0 Å². The maximum atomic E-state index is 6.40. The molecule has 0 saturated heterocycles. The number of ether oxygens (including phenoxy) is 1. The van der Waals surface area contributed by atoms with E-state index in [4.69, 9.17) is 9.15 Å². The predicted octanol–water partition coefficient (Wildman–Crippen LogP) is 13.3. The third kappa shape index (κ3) is 4.80. The van der Waals surface area contributed by atoms with Gasteiger partial charge in [-0.3, -0.25) is 0 Å². The Bertz CT molecular complexity index is 2690. The van der Waals surface area contributed by atoms with Crippen LogP contribution in [0.5, 0.6) is 0 Å². The molecule has 0 N–H and O–H groups in total. The van der Waals surface area contributed by atoms with E-state index in [2.05, 4.69) is 164 Å². The monoisotopic (exact) mass is 659 g/mol. The van der Waals surface area contributed by atoms with Crippen LogP contribution in [0, 0.1) is 17.8 Å². The number of hydrogen-bond acceptors (Lipinski definition) is 3. The summed E-state index contributed by atoms with van der Waals surface area (Å²) < 4.78 is 12.8. The fourth-order valence-electron chi connectivity index (χ4n) is 8.59. The van der Waals surface area contributed by atoms with Crippen LogP contribution in [0.25, 0.3) is 59.8 Å². The summed E-state index contributed by atoms with van der Waals surface area (Å²) in [5, 5.41) is 9.82. The van der Waals surface area contributed by atoms with Crippen molar-refractivity contribution < 1.29 is 9.15 Å². The van der Waals surface area contributed by atoms with Gasteiger partial charge in [-0.1, -0.05) is 123 Å². The zero-order valence-electron chi connectivity index (χ0n) is 28.7. The van der Waals surface area contributed by atoms with Gasteiger partial charge in [0, 0.05) is 51.3 Å². The molecule has 10 rings (SSSR count). The van der Waals surface area contributed by atoms with E-state index in [1.165, 1.54) is 43.5 Å². The lowest BCUT2D eigenvalue weighted by Crippen LogP contribution is -2.29. The highest BCUT2D eigenvalue weighted by atomic mass is 16.5. The van der Waals surface area contributed by atoms with Gasteiger partial charge >= 0.3 is 0 Å². The number of fused-ring (bicyclic) bond motifs is 9. The summed E-state index contributed by atoms with van der Waals surface area (Å²) in [6.45, 7) is 4.58. The first kappa shape index (κ1) is 29.8. The smallest absolute Gasteiger partial charge is 0.137 e. The highest BCUT2D eigenvalue weighted by Crippen LogP contribution is 2.44. The molecule has 4 unspecified atom stereocenters. The van der Waals surface area contributed by atoms with Crippen LogP contribution in [-0.2, 0) is 4.74 Å². The van der Waals surface area contributed by atoms with Crippen LogP contribution >= 0.6 is 0 Å². The quantitative estimate of drug-likeness (QED) is 0.172. The largest absolute Gasteiger partial charge is 0.496 e. The Kier molecular flexibility index (Phi) is 6.89. The van der Waals surface area contributed by atoms with Gasteiger partial charge in [0.15, 0.2) is 0 Å². The molecule has 246 valence electrons. The summed E-state index contributed by atoms with van der Waals surface area (Å²) in [4.78, 5) is 2.35. The van der Waals surface area contributed by atoms with E-state index in [9.17, 15) is 0 Å². The van der Waals surface area contributed by atoms with Gasteiger partial charge in [0.05, 0.1) is 6.26 Å². The van der Waals surface area contributed by atoms with Crippen molar-refractivity contribution >= 4 is 76.9 Å². The van der Waals surface area contributed by atoms with Crippen LogP contribution in [0.3, 0.4) is 0 Å². The van der Waals surface area contributed by atoms with Crippen LogP contribution < -0.4 is 4.90 Å². The van der Waals surface area contributed by atoms with E-state index < -0.39 is 0 Å². The average Bonchev–Trinajstić information content (AvgIpc) is 3.75. The number of nitrogens with zero attached hydrogens (tertiary/aromatic N) is 1. The molecule has 1 aliphatic heterocycles. The van der Waals surface area contributed by atoms with Crippen molar-refractivity contribution in [1.29, 1.82) is 0 Å². The van der Waals surface area contributed by atoms with E-state index >= 15 is 0 Å². The molecular formula is C48H37NO2. The van der Waals surface area contributed by atoms with E-state index in [-0.39, 0.29) is 12.0 Å². The molecule has 4 atom stereocenters. The van der Waals surface area contributed by atoms with Gasteiger partial charge in [-0.25, -0.2) is 0 Å². The second-order valence-corrected chi connectivity index (χ2v) is 14.2. The number of anilines is 3. The van der Waals surface area contributed by atoms with Crippen LogP contribution in [0.2, 0.25) is 0 Å². The van der Waals surface area contributed by atoms with Gasteiger partial charge in [-0.05, 0) is 86.3 Å². The minimum Gasteiger partial charge on any atom is -0.496 e. The average molecular weight is 660 g/mol. The lowest BCUT2D eigenvalue weighted by atomic mass is 9.78. The molecular weight excluding hydrogens is 623 g/mol. The van der Waals surface area contributed by atoms with Gasteiger partial charge in [-0.2, -0.15) is 0 Å². The van der Waals surface area contributed by atoms with Gasteiger partial charge in [0.1, 0.15) is 17.3 Å². The second-order valence-electron chi connectivity index (χ2n) is 14.2. The third-order valence-corrected chi connectivity index (χ3v) is 11.2. The van der Waals surface area contributed by atoms with Gasteiger partial charge in [0.2, 0.25) is 0 Å². The minimum atomic E-state index is 0.131. The molecule has 2 aliphatic rings. The summed E-state index contributed by atoms with van der Waals surface area (Å²) in [5.74, 6) is 1.10. The number of hydrogen-bond donors (Lipinski definition) is 0. The van der Waals surface area contributed by atoms with Gasteiger partial charge in [0.25, 0.3) is 0 Å². The van der Waals surface area contributed by atoms with Crippen molar-refractivity contribution in [2.75, 3.05) is 4.90 Å².